The summed E-state index contributed by atoms with van der Waals surface area (Å²) in [5, 5.41) is 8.44. The third kappa shape index (κ3) is 4.48. The second-order valence-corrected chi connectivity index (χ2v) is 7.42. The standard InChI is InChI=1S/C16H21NO3S/c1-13-10-14(6-5-9-18)12-15(11-13)17-21(19,20)16-7-3-2-4-8-16/h10-12,16-18H,2-4,7-9H2,1H3. The van der Waals surface area contributed by atoms with Crippen LogP contribution in [0.15, 0.2) is 18.2 Å². The van der Waals surface area contributed by atoms with Gasteiger partial charge in [0, 0.05) is 11.3 Å². The van der Waals surface area contributed by atoms with Gasteiger partial charge >= 0.3 is 0 Å². The van der Waals surface area contributed by atoms with Gasteiger partial charge in [0.2, 0.25) is 10.0 Å². The topological polar surface area (TPSA) is 66.4 Å². The molecule has 0 aliphatic heterocycles. The van der Waals surface area contributed by atoms with Gasteiger partial charge in [0.1, 0.15) is 6.61 Å². The summed E-state index contributed by atoms with van der Waals surface area (Å²) < 4.78 is 27.5. The lowest BCUT2D eigenvalue weighted by Crippen LogP contribution is -2.29. The minimum atomic E-state index is -3.34. The van der Waals surface area contributed by atoms with Crippen molar-refractivity contribution in [3.05, 3.63) is 29.3 Å². The summed E-state index contributed by atoms with van der Waals surface area (Å²) in [7, 11) is -3.34. The van der Waals surface area contributed by atoms with Crippen LogP contribution in [0.3, 0.4) is 0 Å². The molecular weight excluding hydrogens is 286 g/mol. The Bertz CT molecular complexity index is 650. The molecule has 114 valence electrons. The summed E-state index contributed by atoms with van der Waals surface area (Å²) in [5.74, 6) is 5.38. The summed E-state index contributed by atoms with van der Waals surface area (Å²) >= 11 is 0. The third-order valence-corrected chi connectivity index (χ3v) is 5.51. The quantitative estimate of drug-likeness (QED) is 0.843. The minimum Gasteiger partial charge on any atom is -0.384 e. The van der Waals surface area contributed by atoms with E-state index in [-0.39, 0.29) is 11.9 Å². The lowest BCUT2D eigenvalue weighted by molar-refractivity contribution is 0.350. The Hall–Kier alpha value is -1.51. The van der Waals surface area contributed by atoms with E-state index in [0.717, 1.165) is 37.7 Å². The van der Waals surface area contributed by atoms with Crippen LogP contribution in [0.1, 0.15) is 43.2 Å². The van der Waals surface area contributed by atoms with Crippen molar-refractivity contribution in [1.29, 1.82) is 0 Å². The van der Waals surface area contributed by atoms with Gasteiger partial charge in [-0.3, -0.25) is 4.72 Å². The number of benzene rings is 1. The Morgan fingerprint density at radius 2 is 1.95 bits per heavy atom. The predicted molar refractivity (Wildman–Crippen MR) is 84.6 cm³/mol. The molecule has 2 N–H and O–H groups in total. The number of nitrogens with one attached hydrogen (secondary N) is 1. The van der Waals surface area contributed by atoms with Gasteiger partial charge in [-0.25, -0.2) is 8.42 Å². The average Bonchev–Trinajstić information content (AvgIpc) is 2.45. The first kappa shape index (κ1) is 15.9. The van der Waals surface area contributed by atoms with Crippen LogP contribution in [0.4, 0.5) is 5.69 Å². The van der Waals surface area contributed by atoms with E-state index < -0.39 is 10.0 Å². The lowest BCUT2D eigenvalue weighted by Gasteiger charge is -2.22. The highest BCUT2D eigenvalue weighted by molar-refractivity contribution is 7.93. The molecule has 1 fully saturated rings. The monoisotopic (exact) mass is 307 g/mol. The molecule has 0 saturated heterocycles. The van der Waals surface area contributed by atoms with Crippen LogP contribution in [0.25, 0.3) is 0 Å². The highest BCUT2D eigenvalue weighted by Gasteiger charge is 2.27. The number of aliphatic hydroxyl groups is 1. The number of aliphatic hydroxyl groups excluding tert-OH is 1. The Morgan fingerprint density at radius 1 is 1.24 bits per heavy atom. The lowest BCUT2D eigenvalue weighted by atomic mass is 10.0. The van der Waals surface area contributed by atoms with Crippen molar-refractivity contribution in [2.24, 2.45) is 0 Å². The van der Waals surface area contributed by atoms with Gasteiger partial charge in [0.15, 0.2) is 0 Å². The van der Waals surface area contributed by atoms with Crippen molar-refractivity contribution < 1.29 is 13.5 Å². The maximum absolute atomic E-state index is 12.4. The van der Waals surface area contributed by atoms with E-state index in [1.54, 1.807) is 12.1 Å². The molecule has 21 heavy (non-hydrogen) atoms. The molecule has 4 nitrogen and oxygen atoms in total. The Labute approximate surface area is 126 Å². The van der Waals surface area contributed by atoms with Gasteiger partial charge in [-0.1, -0.05) is 31.1 Å². The van der Waals surface area contributed by atoms with Crippen molar-refractivity contribution >= 4 is 15.7 Å². The highest BCUT2D eigenvalue weighted by atomic mass is 32.2. The zero-order valence-corrected chi connectivity index (χ0v) is 13.0. The normalized spacial score (nSPS) is 16.1. The second-order valence-electron chi connectivity index (χ2n) is 5.45. The van der Waals surface area contributed by atoms with Crippen molar-refractivity contribution in [3.8, 4) is 11.8 Å². The predicted octanol–water partition coefficient (Wildman–Crippen LogP) is 2.41. The molecule has 0 heterocycles. The van der Waals surface area contributed by atoms with E-state index in [1.165, 1.54) is 0 Å². The van der Waals surface area contributed by atoms with E-state index in [0.29, 0.717) is 11.3 Å². The molecule has 2 rings (SSSR count). The number of hydrogen-bond acceptors (Lipinski definition) is 3. The molecule has 1 aromatic rings. The summed E-state index contributed by atoms with van der Waals surface area (Å²) in [4.78, 5) is 0. The number of hydrogen-bond donors (Lipinski definition) is 2. The Kier molecular flexibility index (Phi) is 5.27. The first-order valence-corrected chi connectivity index (χ1v) is 8.79. The molecule has 1 aliphatic rings. The first-order chi connectivity index (χ1) is 10.0. The Balaban J connectivity index is 2.20. The number of anilines is 1. The molecule has 0 amide bonds. The summed E-state index contributed by atoms with van der Waals surface area (Å²) in [6.45, 7) is 1.68. The van der Waals surface area contributed by atoms with Crippen LogP contribution in [0.2, 0.25) is 0 Å². The molecule has 0 unspecified atom stereocenters. The van der Waals surface area contributed by atoms with Crippen molar-refractivity contribution in [2.45, 2.75) is 44.3 Å². The number of aryl methyl sites for hydroxylation is 1. The largest absolute Gasteiger partial charge is 0.384 e. The molecule has 0 spiro atoms. The smallest absolute Gasteiger partial charge is 0.235 e. The number of sulfonamides is 1. The SMILES string of the molecule is Cc1cc(C#CCO)cc(NS(=O)(=O)C2CCCCC2)c1. The van der Waals surface area contributed by atoms with Crippen molar-refractivity contribution in [3.63, 3.8) is 0 Å². The summed E-state index contributed by atoms with van der Waals surface area (Å²) in [6, 6.07) is 5.36. The molecular formula is C16H21NO3S. The average molecular weight is 307 g/mol. The molecule has 1 aliphatic carbocycles. The zero-order valence-electron chi connectivity index (χ0n) is 12.2. The van der Waals surface area contributed by atoms with Crippen LogP contribution in [0, 0.1) is 18.8 Å². The van der Waals surface area contributed by atoms with Crippen LogP contribution in [-0.2, 0) is 10.0 Å². The zero-order chi connectivity index (χ0) is 15.3. The van der Waals surface area contributed by atoms with Gasteiger partial charge < -0.3 is 5.11 Å². The highest BCUT2D eigenvalue weighted by Crippen LogP contribution is 2.25. The van der Waals surface area contributed by atoms with E-state index >= 15 is 0 Å². The fourth-order valence-corrected chi connectivity index (χ4v) is 4.25. The van der Waals surface area contributed by atoms with E-state index in [2.05, 4.69) is 16.6 Å². The molecule has 0 radical (unpaired) electrons. The van der Waals surface area contributed by atoms with Crippen LogP contribution >= 0.6 is 0 Å². The van der Waals surface area contributed by atoms with Gasteiger partial charge in [-0.2, -0.15) is 0 Å². The van der Waals surface area contributed by atoms with Crippen LogP contribution in [0.5, 0.6) is 0 Å². The number of rotatable bonds is 3. The maximum Gasteiger partial charge on any atom is 0.235 e. The summed E-state index contributed by atoms with van der Waals surface area (Å²) in [5.41, 5.74) is 2.18. The molecule has 1 aromatic carbocycles. The van der Waals surface area contributed by atoms with Gasteiger partial charge in [0.05, 0.1) is 5.25 Å². The molecule has 1 saturated carbocycles. The maximum atomic E-state index is 12.4. The van der Waals surface area contributed by atoms with Gasteiger partial charge in [0.25, 0.3) is 0 Å². The van der Waals surface area contributed by atoms with E-state index in [9.17, 15) is 8.42 Å². The third-order valence-electron chi connectivity index (χ3n) is 3.64. The van der Waals surface area contributed by atoms with Gasteiger partial charge in [-0.15, -0.1) is 0 Å². The fraction of sp³-hybridized carbons (Fsp3) is 0.500. The van der Waals surface area contributed by atoms with Crippen molar-refractivity contribution in [1.82, 2.24) is 0 Å². The molecule has 0 aromatic heterocycles. The fourth-order valence-electron chi connectivity index (χ4n) is 2.68. The molecule has 0 atom stereocenters. The minimum absolute atomic E-state index is 0.211. The first-order valence-electron chi connectivity index (χ1n) is 7.24. The summed E-state index contributed by atoms with van der Waals surface area (Å²) in [6.07, 6.45) is 4.55. The second kappa shape index (κ2) is 6.97. The van der Waals surface area contributed by atoms with Crippen LogP contribution < -0.4 is 4.72 Å². The van der Waals surface area contributed by atoms with E-state index in [1.807, 2.05) is 13.0 Å². The van der Waals surface area contributed by atoms with Crippen molar-refractivity contribution in [2.75, 3.05) is 11.3 Å². The Morgan fingerprint density at radius 3 is 2.62 bits per heavy atom. The van der Waals surface area contributed by atoms with E-state index in [4.69, 9.17) is 5.11 Å². The van der Waals surface area contributed by atoms with Crippen LogP contribution in [-0.4, -0.2) is 25.4 Å². The molecule has 0 bridgehead atoms. The molecule has 5 heteroatoms. The van der Waals surface area contributed by atoms with Gasteiger partial charge in [-0.05, 0) is 43.5 Å².